The van der Waals surface area contributed by atoms with E-state index in [0.717, 1.165) is 0 Å². The average molecular weight is 856 g/mol. The van der Waals surface area contributed by atoms with Crippen LogP contribution in [0.4, 0.5) is 114 Å². The quantitative estimate of drug-likeness (QED) is 0.0902. The molecule has 0 bridgehead atoms. The van der Waals surface area contributed by atoms with E-state index < -0.39 is 125 Å². The summed E-state index contributed by atoms with van der Waals surface area (Å²) in [6.07, 6.45) is -4.81. The van der Waals surface area contributed by atoms with E-state index >= 15 is 0 Å². The molecular formula is C22H22F26O3Si. The van der Waals surface area contributed by atoms with Gasteiger partial charge in [0, 0.05) is 19.8 Å². The molecule has 3 nitrogen and oxygen atoms in total. The van der Waals surface area contributed by atoms with Crippen molar-refractivity contribution in [2.75, 3.05) is 19.8 Å². The summed E-state index contributed by atoms with van der Waals surface area (Å²) in [4.78, 5) is 0. The van der Waals surface area contributed by atoms with Gasteiger partial charge in [-0.3, -0.25) is 0 Å². The second-order valence-electron chi connectivity index (χ2n) is 10.4. The zero-order valence-electron chi connectivity index (χ0n) is 25.8. The summed E-state index contributed by atoms with van der Waals surface area (Å²) in [7, 11) is -7.03. The van der Waals surface area contributed by atoms with Crippen molar-refractivity contribution < 1.29 is 127 Å². The minimum Gasteiger partial charge on any atom is -0.370 e. The van der Waals surface area contributed by atoms with Gasteiger partial charge in [-0.15, -0.1) is 0 Å². The van der Waals surface area contributed by atoms with Gasteiger partial charge in [-0.2, -0.15) is 105 Å². The van der Waals surface area contributed by atoms with Gasteiger partial charge >= 0.3 is 79.5 Å². The third-order valence-electron chi connectivity index (χ3n) is 7.03. The Bertz CT molecular complexity index is 1210. The van der Waals surface area contributed by atoms with Crippen LogP contribution in [0.15, 0.2) is 0 Å². The van der Waals surface area contributed by atoms with Crippen LogP contribution in [-0.2, 0) is 13.3 Å². The zero-order chi connectivity index (χ0) is 42.8. The highest BCUT2D eigenvalue weighted by Crippen LogP contribution is 2.68. The molecule has 0 saturated heterocycles. The molecule has 0 aromatic carbocycles. The molecule has 52 heavy (non-hydrogen) atoms. The van der Waals surface area contributed by atoms with Gasteiger partial charge in [0.1, 0.15) is 0 Å². The molecule has 0 aliphatic heterocycles. The monoisotopic (exact) mass is 856 g/mol. The molecule has 0 aromatic heterocycles. The Balaban J connectivity index is 7.73. The molecule has 0 N–H and O–H groups in total. The molecule has 0 spiro atoms. The van der Waals surface area contributed by atoms with E-state index in [1.165, 1.54) is 0 Å². The lowest BCUT2D eigenvalue weighted by Gasteiger charge is -2.48. The topological polar surface area (TPSA) is 27.7 Å². The summed E-state index contributed by atoms with van der Waals surface area (Å²) >= 11 is 0. The largest absolute Gasteiger partial charge is 0.582 e. The Morgan fingerprint density at radius 2 is 0.596 bits per heavy atom. The molecule has 0 aliphatic rings. The normalized spacial score (nSPS) is 18.1. The van der Waals surface area contributed by atoms with Crippen LogP contribution in [0.3, 0.4) is 0 Å². The van der Waals surface area contributed by atoms with E-state index in [0.29, 0.717) is 20.8 Å². The number of rotatable bonds is 20. The third-order valence-corrected chi connectivity index (χ3v) is 10.1. The van der Waals surface area contributed by atoms with Crippen LogP contribution in [0.25, 0.3) is 0 Å². The van der Waals surface area contributed by atoms with Crippen LogP contribution in [0, 0.1) is 0 Å². The summed E-state index contributed by atoms with van der Waals surface area (Å²) in [6, 6.07) is 0. The second-order valence-corrected chi connectivity index (χ2v) is 13.0. The lowest BCUT2D eigenvalue weighted by Crippen LogP contribution is -2.80. The van der Waals surface area contributed by atoms with Crippen molar-refractivity contribution in [1.29, 1.82) is 0 Å². The van der Waals surface area contributed by atoms with E-state index in [2.05, 4.69) is 13.3 Å². The SMILES string of the molecule is CCO[Si](OCC)(OCC)C(F)(F)C(F)(F)C(F)(F)C(F)(F)C(F)(F)C(F)(F)C(C)(F)C(F)(F)C(F)(F)C(F)(F)C(F)(F)C(F)(F)C(F)(F)C(C)F. The first-order chi connectivity index (χ1) is 22.4. The second kappa shape index (κ2) is 13.8. The Kier molecular flexibility index (Phi) is 13.3. The fourth-order valence-corrected chi connectivity index (χ4v) is 6.26. The van der Waals surface area contributed by atoms with Crippen LogP contribution in [0.5, 0.6) is 0 Å². The maximum atomic E-state index is 15.0. The van der Waals surface area contributed by atoms with Gasteiger partial charge < -0.3 is 13.3 Å². The average Bonchev–Trinajstić information content (AvgIpc) is 2.95. The number of halogens is 26. The predicted octanol–water partition coefficient (Wildman–Crippen LogP) is 10.3. The van der Waals surface area contributed by atoms with Gasteiger partial charge in [0.2, 0.25) is 5.67 Å². The van der Waals surface area contributed by atoms with Crippen molar-refractivity contribution in [1.82, 2.24) is 0 Å². The van der Waals surface area contributed by atoms with Crippen molar-refractivity contribution in [3.8, 4) is 0 Å². The van der Waals surface area contributed by atoms with Crippen molar-refractivity contribution in [2.45, 2.75) is 117 Å². The standard InChI is InChI=1S/C22H22F26O3Si/c1-6-49-52(50-7-2,51-8-3)22(47,48)21(45,46)20(43,44)19(41,42)16(35,36)13(29,30)10(5,24)12(27,28)15(33,34)18(39,40)17(37,38)14(31,32)11(25,26)9(4)23/h9H,6-8H2,1-5H3. The fraction of sp³-hybridized carbons (Fsp3) is 1.00. The van der Waals surface area contributed by atoms with Crippen molar-refractivity contribution in [2.24, 2.45) is 0 Å². The molecular weight excluding hydrogens is 834 g/mol. The number of hydrogen-bond acceptors (Lipinski definition) is 3. The molecule has 0 aliphatic carbocycles. The Morgan fingerprint density at radius 3 is 0.827 bits per heavy atom. The molecule has 0 amide bonds. The zero-order valence-corrected chi connectivity index (χ0v) is 26.8. The summed E-state index contributed by atoms with van der Waals surface area (Å²) in [6.45, 7) is -5.67. The van der Waals surface area contributed by atoms with E-state index in [1.807, 2.05) is 0 Å². The lowest BCUT2D eigenvalue weighted by atomic mass is 9.78. The van der Waals surface area contributed by atoms with Gasteiger partial charge in [0.15, 0.2) is 6.17 Å². The van der Waals surface area contributed by atoms with Crippen molar-refractivity contribution in [3.63, 3.8) is 0 Å². The fourth-order valence-electron chi connectivity index (χ4n) is 3.79. The number of alkyl halides is 26. The Labute approximate surface area is 274 Å². The lowest BCUT2D eigenvalue weighted by molar-refractivity contribution is -0.464. The van der Waals surface area contributed by atoms with Crippen LogP contribution >= 0.6 is 0 Å². The van der Waals surface area contributed by atoms with Crippen LogP contribution in [0.1, 0.15) is 34.6 Å². The van der Waals surface area contributed by atoms with Crippen molar-refractivity contribution in [3.05, 3.63) is 0 Å². The van der Waals surface area contributed by atoms with E-state index in [4.69, 9.17) is 0 Å². The van der Waals surface area contributed by atoms with Gasteiger partial charge in [-0.25, -0.2) is 8.78 Å². The van der Waals surface area contributed by atoms with Gasteiger partial charge in [0.25, 0.3) is 0 Å². The minimum atomic E-state index is -9.28. The van der Waals surface area contributed by atoms with Crippen molar-refractivity contribution >= 4 is 8.80 Å². The summed E-state index contributed by atoms with van der Waals surface area (Å²) in [5.41, 5.74) is -15.5. The first kappa shape index (κ1) is 50.3. The molecule has 0 radical (unpaired) electrons. The molecule has 30 heteroatoms. The first-order valence-corrected chi connectivity index (χ1v) is 14.9. The van der Waals surface area contributed by atoms with Crippen LogP contribution in [-0.4, -0.2) is 111 Å². The van der Waals surface area contributed by atoms with E-state index in [9.17, 15) is 114 Å². The molecule has 2 unspecified atom stereocenters. The Hall–Kier alpha value is -1.72. The summed E-state index contributed by atoms with van der Waals surface area (Å²) in [5.74, 6) is -97.0. The minimum absolute atomic E-state index is 0.571. The summed E-state index contributed by atoms with van der Waals surface area (Å²) in [5, 5.41) is 0. The van der Waals surface area contributed by atoms with E-state index in [-0.39, 0.29) is 0 Å². The predicted molar refractivity (Wildman–Crippen MR) is 120 cm³/mol. The maximum absolute atomic E-state index is 15.0. The molecule has 2 atom stereocenters. The molecule has 0 fully saturated rings. The highest BCUT2D eigenvalue weighted by molar-refractivity contribution is 6.63. The highest BCUT2D eigenvalue weighted by Gasteiger charge is 2.99. The van der Waals surface area contributed by atoms with E-state index in [1.54, 1.807) is 0 Å². The smallest absolute Gasteiger partial charge is 0.370 e. The van der Waals surface area contributed by atoms with Gasteiger partial charge in [0.05, 0.1) is 0 Å². The summed E-state index contributed by atoms with van der Waals surface area (Å²) < 4.78 is 381. The van der Waals surface area contributed by atoms with Gasteiger partial charge in [-0.05, 0) is 34.6 Å². The van der Waals surface area contributed by atoms with Crippen LogP contribution in [0.2, 0.25) is 0 Å². The molecule has 314 valence electrons. The molecule has 0 heterocycles. The first-order valence-electron chi connectivity index (χ1n) is 13.2. The van der Waals surface area contributed by atoms with Gasteiger partial charge in [-0.1, -0.05) is 0 Å². The van der Waals surface area contributed by atoms with Crippen LogP contribution < -0.4 is 0 Å². The molecule has 0 aromatic rings. The number of hydrogen-bond donors (Lipinski definition) is 0. The molecule has 0 saturated carbocycles. The highest BCUT2D eigenvalue weighted by atomic mass is 28.4. The third kappa shape index (κ3) is 6.07. The Morgan fingerprint density at radius 1 is 0.385 bits per heavy atom. The maximum Gasteiger partial charge on any atom is 0.582 e. The molecule has 0 rings (SSSR count).